The molecule has 0 bridgehead atoms. The number of rotatable bonds is 5. The van der Waals surface area contributed by atoms with Crippen LogP contribution in [0.5, 0.6) is 0 Å². The van der Waals surface area contributed by atoms with E-state index in [1.54, 1.807) is 0 Å². The number of thiophene rings is 1. The van der Waals surface area contributed by atoms with Crippen LogP contribution in [-0.4, -0.2) is 0 Å². The highest BCUT2D eigenvalue weighted by molar-refractivity contribution is 7.26. The van der Waals surface area contributed by atoms with Gasteiger partial charge in [-0.15, -0.1) is 11.3 Å². The average molecular weight is 604 g/mol. The fraction of sp³-hybridized carbons (Fsp3) is 0. The van der Waals surface area contributed by atoms with Crippen molar-refractivity contribution < 1.29 is 0 Å². The number of anilines is 2. The summed E-state index contributed by atoms with van der Waals surface area (Å²) >= 11 is 1.88. The first kappa shape index (κ1) is 26.7. The van der Waals surface area contributed by atoms with Crippen LogP contribution in [0.1, 0.15) is 0 Å². The van der Waals surface area contributed by atoms with E-state index in [-0.39, 0.29) is 0 Å². The van der Waals surface area contributed by atoms with E-state index < -0.39 is 0 Å². The van der Waals surface area contributed by atoms with Crippen LogP contribution >= 0.6 is 11.3 Å². The van der Waals surface area contributed by atoms with Crippen LogP contribution in [0.3, 0.4) is 0 Å². The predicted molar refractivity (Wildman–Crippen MR) is 200 cm³/mol. The molecule has 0 aliphatic rings. The van der Waals surface area contributed by atoms with Gasteiger partial charge in [-0.25, -0.2) is 0 Å². The Hall–Kier alpha value is -5.70. The molecule has 9 aromatic rings. The lowest BCUT2D eigenvalue weighted by molar-refractivity contribution is 1.53. The summed E-state index contributed by atoms with van der Waals surface area (Å²) in [5.74, 6) is 0. The van der Waals surface area contributed by atoms with Crippen LogP contribution in [0.2, 0.25) is 0 Å². The topological polar surface area (TPSA) is 12.0 Å². The Morgan fingerprint density at radius 3 is 1.87 bits per heavy atom. The van der Waals surface area contributed by atoms with Crippen LogP contribution in [0, 0.1) is 0 Å². The van der Waals surface area contributed by atoms with Crippen molar-refractivity contribution in [1.82, 2.24) is 0 Å². The highest BCUT2D eigenvalue weighted by atomic mass is 32.1. The van der Waals surface area contributed by atoms with Crippen LogP contribution in [-0.2, 0) is 0 Å². The van der Waals surface area contributed by atoms with E-state index >= 15 is 0 Å². The number of fused-ring (bicyclic) bond motifs is 6. The van der Waals surface area contributed by atoms with Gasteiger partial charge in [0.05, 0.1) is 0 Å². The standard InChI is InChI=1S/C44H29NS/c1-2-11-29(12-3-1)41-28-32(35-18-10-19-39-38-17-8-9-20-43(38)46-44(35)39)23-26-42(41)45-33-24-21-30(22-25-33)40-27-31-13-4-5-14-34(31)36-15-6-7-16-37(36)40/h1-28,45H. The fourth-order valence-electron chi connectivity index (χ4n) is 6.83. The van der Waals surface area contributed by atoms with E-state index in [1.165, 1.54) is 75.1 Å². The van der Waals surface area contributed by atoms with Crippen molar-refractivity contribution in [1.29, 1.82) is 0 Å². The number of nitrogens with one attached hydrogen (secondary N) is 1. The van der Waals surface area contributed by atoms with Crippen molar-refractivity contribution >= 4 is 64.4 Å². The lowest BCUT2D eigenvalue weighted by Gasteiger charge is -2.16. The zero-order valence-corrected chi connectivity index (χ0v) is 25.9. The van der Waals surface area contributed by atoms with Crippen LogP contribution in [0.25, 0.3) is 75.1 Å². The molecule has 0 aliphatic carbocycles. The van der Waals surface area contributed by atoms with E-state index in [0.29, 0.717) is 0 Å². The van der Waals surface area contributed by atoms with Crippen molar-refractivity contribution in [2.45, 2.75) is 0 Å². The number of hydrogen-bond acceptors (Lipinski definition) is 2. The molecule has 0 saturated carbocycles. The molecule has 8 aromatic carbocycles. The van der Waals surface area contributed by atoms with Gasteiger partial charge in [-0.1, -0.05) is 133 Å². The van der Waals surface area contributed by atoms with Gasteiger partial charge in [-0.05, 0) is 85.8 Å². The van der Waals surface area contributed by atoms with Crippen LogP contribution in [0.4, 0.5) is 11.4 Å². The van der Waals surface area contributed by atoms with Crippen molar-refractivity contribution in [3.05, 3.63) is 170 Å². The largest absolute Gasteiger partial charge is 0.355 e. The van der Waals surface area contributed by atoms with Gasteiger partial charge in [0.25, 0.3) is 0 Å². The van der Waals surface area contributed by atoms with E-state index in [9.17, 15) is 0 Å². The predicted octanol–water partition coefficient (Wildman–Crippen LogP) is 13.1. The molecule has 0 fully saturated rings. The third-order valence-electron chi connectivity index (χ3n) is 9.06. The summed E-state index contributed by atoms with van der Waals surface area (Å²) in [5, 5.41) is 11.5. The van der Waals surface area contributed by atoms with Crippen LogP contribution in [0.15, 0.2) is 170 Å². The van der Waals surface area contributed by atoms with Gasteiger partial charge >= 0.3 is 0 Å². The lowest BCUT2D eigenvalue weighted by Crippen LogP contribution is -1.94. The molecule has 46 heavy (non-hydrogen) atoms. The molecule has 1 nitrogen and oxygen atoms in total. The summed E-state index contributed by atoms with van der Waals surface area (Å²) in [7, 11) is 0. The Kier molecular flexibility index (Phi) is 6.40. The SMILES string of the molecule is c1ccc(-c2cc(-c3cccc4c3sc3ccccc34)ccc2Nc2ccc(-c3cc4ccccc4c4ccccc34)cc2)cc1. The summed E-state index contributed by atoms with van der Waals surface area (Å²) in [6.45, 7) is 0. The minimum Gasteiger partial charge on any atom is -0.355 e. The molecule has 0 saturated heterocycles. The van der Waals surface area contributed by atoms with E-state index in [4.69, 9.17) is 0 Å². The molecule has 1 aromatic heterocycles. The minimum atomic E-state index is 1.06. The van der Waals surface area contributed by atoms with E-state index in [1.807, 2.05) is 11.3 Å². The van der Waals surface area contributed by atoms with Gasteiger partial charge in [0, 0.05) is 37.1 Å². The summed E-state index contributed by atoms with van der Waals surface area (Å²) in [6.07, 6.45) is 0. The maximum Gasteiger partial charge on any atom is 0.0464 e. The molecule has 1 heterocycles. The van der Waals surface area contributed by atoms with Crippen molar-refractivity contribution in [2.75, 3.05) is 5.32 Å². The van der Waals surface area contributed by atoms with Crippen molar-refractivity contribution in [2.24, 2.45) is 0 Å². The van der Waals surface area contributed by atoms with Gasteiger partial charge in [0.15, 0.2) is 0 Å². The summed E-state index contributed by atoms with van der Waals surface area (Å²) < 4.78 is 2.66. The first-order valence-electron chi connectivity index (χ1n) is 15.7. The average Bonchev–Trinajstić information content (AvgIpc) is 3.51. The maximum atomic E-state index is 3.76. The smallest absolute Gasteiger partial charge is 0.0464 e. The molecule has 0 amide bonds. The molecule has 2 heteroatoms. The van der Waals surface area contributed by atoms with Gasteiger partial charge in [-0.2, -0.15) is 0 Å². The molecular formula is C44H29NS. The Labute approximate surface area is 272 Å². The third-order valence-corrected chi connectivity index (χ3v) is 10.3. The second-order valence-electron chi connectivity index (χ2n) is 11.8. The molecule has 0 spiro atoms. The molecule has 0 aliphatic heterocycles. The quantitative estimate of drug-likeness (QED) is 0.193. The Balaban J connectivity index is 1.11. The fourth-order valence-corrected chi connectivity index (χ4v) is 8.07. The minimum absolute atomic E-state index is 1.06. The highest BCUT2D eigenvalue weighted by Gasteiger charge is 2.14. The summed E-state index contributed by atoms with van der Waals surface area (Å²) in [6, 6.07) is 61.5. The molecule has 0 radical (unpaired) electrons. The number of benzene rings is 8. The first-order valence-corrected chi connectivity index (χ1v) is 16.5. The molecule has 216 valence electrons. The third kappa shape index (κ3) is 4.54. The second-order valence-corrected chi connectivity index (χ2v) is 12.9. The van der Waals surface area contributed by atoms with Crippen LogP contribution < -0.4 is 5.32 Å². The molecule has 0 unspecified atom stereocenters. The molecule has 0 atom stereocenters. The monoisotopic (exact) mass is 603 g/mol. The Morgan fingerprint density at radius 2 is 1.02 bits per heavy atom. The zero-order chi connectivity index (χ0) is 30.5. The van der Waals surface area contributed by atoms with Crippen molar-refractivity contribution in [3.63, 3.8) is 0 Å². The second kappa shape index (κ2) is 11.0. The van der Waals surface area contributed by atoms with Gasteiger partial charge in [0.2, 0.25) is 0 Å². The number of hydrogen-bond donors (Lipinski definition) is 1. The molecule has 9 rings (SSSR count). The highest BCUT2D eigenvalue weighted by Crippen LogP contribution is 2.42. The molecule has 1 N–H and O–H groups in total. The maximum absolute atomic E-state index is 3.76. The normalized spacial score (nSPS) is 11.5. The Morgan fingerprint density at radius 1 is 0.370 bits per heavy atom. The van der Waals surface area contributed by atoms with E-state index in [0.717, 1.165) is 11.4 Å². The molecular weight excluding hydrogens is 575 g/mol. The zero-order valence-electron chi connectivity index (χ0n) is 25.1. The summed E-state index contributed by atoms with van der Waals surface area (Å²) in [4.78, 5) is 0. The van der Waals surface area contributed by atoms with E-state index in [2.05, 4.69) is 175 Å². The summed E-state index contributed by atoms with van der Waals surface area (Å²) in [5.41, 5.74) is 9.48. The van der Waals surface area contributed by atoms with Gasteiger partial charge in [0.1, 0.15) is 0 Å². The van der Waals surface area contributed by atoms with Gasteiger partial charge in [-0.3, -0.25) is 0 Å². The Bertz CT molecular complexity index is 2540. The first-order chi connectivity index (χ1) is 22.8. The van der Waals surface area contributed by atoms with Crippen molar-refractivity contribution in [3.8, 4) is 33.4 Å². The van der Waals surface area contributed by atoms with Gasteiger partial charge < -0.3 is 5.32 Å². The lowest BCUT2D eigenvalue weighted by atomic mass is 9.93.